The van der Waals surface area contributed by atoms with Crippen LogP contribution >= 0.6 is 23.5 Å². The van der Waals surface area contributed by atoms with Crippen LogP contribution < -0.4 is 10.6 Å². The van der Waals surface area contributed by atoms with Gasteiger partial charge in [-0.2, -0.15) is 0 Å². The van der Waals surface area contributed by atoms with Crippen LogP contribution in [-0.2, 0) is 19.1 Å². The summed E-state index contributed by atoms with van der Waals surface area (Å²) in [6.07, 6.45) is 0. The van der Waals surface area contributed by atoms with Crippen molar-refractivity contribution in [3.8, 4) is 0 Å². The molecular formula is C28H30N2O3S2. The summed E-state index contributed by atoms with van der Waals surface area (Å²) >= 11 is 2.78. The minimum atomic E-state index is -0.727. The smallest absolute Gasteiger partial charge is 0.243 e. The zero-order valence-electron chi connectivity index (χ0n) is 19.9. The number of carbonyl (C=O) groups excluding carboxylic acids is 3. The number of hydrogen-bond acceptors (Lipinski definition) is 5. The third kappa shape index (κ3) is 7.23. The molecule has 1 unspecified atom stereocenters. The number of nitrogens with one attached hydrogen (secondary N) is 2. The lowest BCUT2D eigenvalue weighted by molar-refractivity contribution is -0.127. The Morgan fingerprint density at radius 3 is 1.63 bits per heavy atom. The quantitative estimate of drug-likeness (QED) is 0.293. The second kappa shape index (κ2) is 13.2. The Morgan fingerprint density at radius 1 is 0.771 bits per heavy atom. The fourth-order valence-electron chi connectivity index (χ4n) is 3.90. The topological polar surface area (TPSA) is 75.3 Å². The summed E-state index contributed by atoms with van der Waals surface area (Å²) in [5, 5.41) is 5.68. The van der Waals surface area contributed by atoms with E-state index in [1.165, 1.54) is 13.8 Å². The van der Waals surface area contributed by atoms with Crippen LogP contribution in [-0.4, -0.2) is 41.0 Å². The largest absolute Gasteiger partial charge is 0.353 e. The first kappa shape index (κ1) is 26.6. The number of rotatable bonds is 11. The van der Waals surface area contributed by atoms with Crippen LogP contribution in [0.2, 0.25) is 0 Å². The molecule has 2 amide bonds. The Morgan fingerprint density at radius 2 is 1.23 bits per heavy atom. The summed E-state index contributed by atoms with van der Waals surface area (Å²) in [5.74, 6) is 0.306. The lowest BCUT2D eigenvalue weighted by Crippen LogP contribution is -2.48. The van der Waals surface area contributed by atoms with Crippen molar-refractivity contribution in [2.45, 2.75) is 24.6 Å². The average molecular weight is 507 g/mol. The van der Waals surface area contributed by atoms with Gasteiger partial charge in [-0.25, -0.2) is 0 Å². The van der Waals surface area contributed by atoms with Gasteiger partial charge in [-0.05, 0) is 16.7 Å². The molecule has 0 bridgehead atoms. The summed E-state index contributed by atoms with van der Waals surface area (Å²) in [5.41, 5.74) is 3.26. The molecule has 0 aromatic heterocycles. The predicted molar refractivity (Wildman–Crippen MR) is 145 cm³/mol. The molecular weight excluding hydrogens is 476 g/mol. The number of benzene rings is 3. The molecule has 3 rings (SSSR count). The van der Waals surface area contributed by atoms with E-state index in [0.29, 0.717) is 18.1 Å². The van der Waals surface area contributed by atoms with Crippen molar-refractivity contribution in [1.82, 2.24) is 10.6 Å². The highest BCUT2D eigenvalue weighted by molar-refractivity contribution is 8.13. The Balaban J connectivity index is 1.96. The maximum absolute atomic E-state index is 13.0. The molecule has 0 aliphatic heterocycles. The van der Waals surface area contributed by atoms with Crippen LogP contribution in [0.1, 0.15) is 30.5 Å². The monoisotopic (exact) mass is 506 g/mol. The Kier molecular flexibility index (Phi) is 9.99. The first-order valence-electron chi connectivity index (χ1n) is 11.4. The highest BCUT2D eigenvalue weighted by Gasteiger charge is 2.38. The number of thioether (sulfide) groups is 2. The van der Waals surface area contributed by atoms with E-state index >= 15 is 0 Å². The fourth-order valence-corrected chi connectivity index (χ4v) is 5.95. The number of amides is 2. The Hall–Kier alpha value is -3.03. The Bertz CT molecular complexity index is 1010. The molecule has 0 aliphatic rings. The van der Waals surface area contributed by atoms with Gasteiger partial charge in [0.25, 0.3) is 0 Å². The number of hydrogen-bond donors (Lipinski definition) is 2. The van der Waals surface area contributed by atoms with E-state index in [9.17, 15) is 14.4 Å². The highest BCUT2D eigenvalue weighted by atomic mass is 32.2. The van der Waals surface area contributed by atoms with Crippen LogP contribution in [0.4, 0.5) is 0 Å². The van der Waals surface area contributed by atoms with Gasteiger partial charge in [0.1, 0.15) is 6.04 Å². The van der Waals surface area contributed by atoms with Crippen molar-refractivity contribution >= 4 is 40.5 Å². The molecule has 0 aliphatic carbocycles. The van der Waals surface area contributed by atoms with E-state index in [2.05, 4.69) is 47.0 Å². The molecule has 5 nitrogen and oxygen atoms in total. The normalized spacial score (nSPS) is 11.9. The second-order valence-corrected chi connectivity index (χ2v) is 10.5. The van der Waals surface area contributed by atoms with Gasteiger partial charge in [0.05, 0.1) is 4.75 Å². The van der Waals surface area contributed by atoms with E-state index < -0.39 is 10.8 Å². The Labute approximate surface area is 215 Å². The summed E-state index contributed by atoms with van der Waals surface area (Å²) in [4.78, 5) is 36.2. The van der Waals surface area contributed by atoms with Crippen molar-refractivity contribution in [2.75, 3.05) is 18.1 Å². The van der Waals surface area contributed by atoms with Crippen molar-refractivity contribution in [1.29, 1.82) is 0 Å². The maximum Gasteiger partial charge on any atom is 0.243 e. The minimum absolute atomic E-state index is 0.00609. The molecule has 0 radical (unpaired) electrons. The lowest BCUT2D eigenvalue weighted by Gasteiger charge is -2.36. The second-order valence-electron chi connectivity index (χ2n) is 7.97. The van der Waals surface area contributed by atoms with Crippen LogP contribution in [0.15, 0.2) is 91.0 Å². The van der Waals surface area contributed by atoms with Crippen LogP contribution in [0.3, 0.4) is 0 Å². The van der Waals surface area contributed by atoms with Gasteiger partial charge >= 0.3 is 0 Å². The van der Waals surface area contributed by atoms with Gasteiger partial charge in [-0.1, -0.05) is 103 Å². The molecule has 0 heterocycles. The molecule has 7 heteroatoms. The first-order chi connectivity index (χ1) is 16.9. The van der Waals surface area contributed by atoms with E-state index in [-0.39, 0.29) is 16.9 Å². The van der Waals surface area contributed by atoms with E-state index in [1.807, 2.05) is 54.6 Å². The summed E-state index contributed by atoms with van der Waals surface area (Å²) in [7, 11) is 0. The van der Waals surface area contributed by atoms with Crippen molar-refractivity contribution < 1.29 is 14.4 Å². The van der Waals surface area contributed by atoms with Gasteiger partial charge in [-0.3, -0.25) is 14.4 Å². The average Bonchev–Trinajstić information content (AvgIpc) is 2.88. The molecule has 0 saturated carbocycles. The van der Waals surface area contributed by atoms with Gasteiger partial charge < -0.3 is 10.6 Å². The van der Waals surface area contributed by atoms with Crippen molar-refractivity contribution in [3.63, 3.8) is 0 Å². The molecule has 0 saturated heterocycles. The summed E-state index contributed by atoms with van der Waals surface area (Å²) in [6.45, 7) is 3.26. The molecule has 0 fully saturated rings. The molecule has 182 valence electrons. The van der Waals surface area contributed by atoms with E-state index in [0.717, 1.165) is 28.5 Å². The molecule has 1 atom stereocenters. The number of carbonyl (C=O) groups is 3. The molecule has 0 spiro atoms. The maximum atomic E-state index is 13.0. The highest BCUT2D eigenvalue weighted by Crippen LogP contribution is 2.48. The van der Waals surface area contributed by atoms with Gasteiger partial charge in [0.15, 0.2) is 5.12 Å². The SMILES string of the molecule is CC(=O)NC(CSC(c1ccccc1)(c1ccccc1)c1ccccc1)C(=O)NCCSC(C)=O. The van der Waals surface area contributed by atoms with E-state index in [1.54, 1.807) is 11.8 Å². The molecule has 2 N–H and O–H groups in total. The van der Waals surface area contributed by atoms with Crippen molar-refractivity contribution in [3.05, 3.63) is 108 Å². The van der Waals surface area contributed by atoms with Gasteiger partial charge in [0, 0.05) is 31.9 Å². The molecule has 3 aromatic rings. The third-order valence-corrected chi connectivity index (χ3v) is 7.86. The molecule has 3 aromatic carbocycles. The zero-order chi connectivity index (χ0) is 25.1. The van der Waals surface area contributed by atoms with E-state index in [4.69, 9.17) is 0 Å². The van der Waals surface area contributed by atoms with Crippen LogP contribution in [0.5, 0.6) is 0 Å². The first-order valence-corrected chi connectivity index (χ1v) is 13.4. The van der Waals surface area contributed by atoms with Crippen LogP contribution in [0.25, 0.3) is 0 Å². The minimum Gasteiger partial charge on any atom is -0.353 e. The summed E-state index contributed by atoms with van der Waals surface area (Å²) in [6, 6.07) is 29.9. The van der Waals surface area contributed by atoms with Crippen molar-refractivity contribution in [2.24, 2.45) is 0 Å². The lowest BCUT2D eigenvalue weighted by atomic mass is 9.84. The zero-order valence-corrected chi connectivity index (χ0v) is 21.5. The fraction of sp³-hybridized carbons (Fsp3) is 0.250. The predicted octanol–water partition coefficient (Wildman–Crippen LogP) is 4.61. The molecule has 35 heavy (non-hydrogen) atoms. The third-order valence-electron chi connectivity index (χ3n) is 5.41. The summed E-state index contributed by atoms with van der Waals surface area (Å²) < 4.78 is -0.592. The van der Waals surface area contributed by atoms with Gasteiger partial charge in [0.2, 0.25) is 11.8 Å². The van der Waals surface area contributed by atoms with Gasteiger partial charge in [-0.15, -0.1) is 11.8 Å². The standard InChI is InChI=1S/C28H30N2O3S2/c1-21(31)30-26(27(33)29-18-19-34-22(2)32)20-35-28(23-12-6-3-7-13-23,24-14-8-4-9-15-24)25-16-10-5-11-17-25/h3-17,26H,18-20H2,1-2H3,(H,29,33)(H,30,31). The van der Waals surface area contributed by atoms with Crippen LogP contribution in [0, 0.1) is 0 Å².